The molecule has 3 amide bonds. The number of esters is 1. The molecule has 0 aliphatic carbocycles. The van der Waals surface area contributed by atoms with Crippen LogP contribution in [0.3, 0.4) is 0 Å². The molecular weight excluding hydrogens is 555 g/mol. The maximum absolute atomic E-state index is 13.4. The average Bonchev–Trinajstić information content (AvgIpc) is 2.94. The molecule has 2 aliphatic heterocycles. The zero-order chi connectivity index (χ0) is 29.0. The number of likely N-dealkylation sites (N-methyl/N-ethyl adjacent to an activating group) is 1. The molecule has 2 atom stereocenters. The van der Waals surface area contributed by atoms with Crippen molar-refractivity contribution in [3.05, 3.63) is 74.9 Å². The zero-order valence-corrected chi connectivity index (χ0v) is 24.6. The van der Waals surface area contributed by atoms with E-state index in [-0.39, 0.29) is 29.6 Å². The number of hydrogen-bond donors (Lipinski definition) is 1. The number of halogens is 2. The Morgan fingerprint density at radius 3 is 2.42 bits per heavy atom. The van der Waals surface area contributed by atoms with Crippen LogP contribution in [0.2, 0.25) is 10.0 Å². The number of carbonyl (C=O) groups is 3. The number of hydrogen-bond acceptors (Lipinski definition) is 6. The molecule has 9 nitrogen and oxygen atoms in total. The number of nitrogens with zero attached hydrogens (tertiary/aromatic N) is 3. The minimum atomic E-state index is -0.828. The first-order chi connectivity index (χ1) is 19.2. The van der Waals surface area contributed by atoms with E-state index < -0.39 is 12.0 Å². The second kappa shape index (κ2) is 12.9. The third kappa shape index (κ3) is 6.06. The highest BCUT2D eigenvalue weighted by Crippen LogP contribution is 2.38. The second-order valence-corrected chi connectivity index (χ2v) is 10.4. The van der Waals surface area contributed by atoms with E-state index in [1.54, 1.807) is 61.4 Å². The van der Waals surface area contributed by atoms with Gasteiger partial charge < -0.3 is 19.7 Å². The van der Waals surface area contributed by atoms with Crippen LogP contribution >= 0.6 is 23.2 Å². The maximum atomic E-state index is 13.4. The molecule has 0 saturated carbocycles. The van der Waals surface area contributed by atoms with Crippen LogP contribution in [0.5, 0.6) is 5.75 Å². The molecule has 1 fully saturated rings. The molecule has 0 aromatic heterocycles. The Morgan fingerprint density at radius 2 is 1.80 bits per heavy atom. The van der Waals surface area contributed by atoms with Crippen LogP contribution in [-0.2, 0) is 9.53 Å². The first-order valence-corrected chi connectivity index (χ1v) is 14.0. The van der Waals surface area contributed by atoms with Crippen molar-refractivity contribution in [3.63, 3.8) is 0 Å². The van der Waals surface area contributed by atoms with E-state index >= 15 is 0 Å². The van der Waals surface area contributed by atoms with Crippen molar-refractivity contribution in [2.24, 2.45) is 0 Å². The van der Waals surface area contributed by atoms with Crippen LogP contribution in [0.1, 0.15) is 42.7 Å². The van der Waals surface area contributed by atoms with Gasteiger partial charge in [0, 0.05) is 50.0 Å². The SMILES string of the molecule is CCOC(=O)C1=C(CN2CCN(C(=O)c3ccc(OC)cc3)[C@@H](C)C2)N(CC)C(=O)N[C@H]1c1cccc(Cl)c1Cl. The molecular formula is C29H34Cl2N4O5. The molecule has 2 aromatic carbocycles. The van der Waals surface area contributed by atoms with Crippen molar-refractivity contribution >= 4 is 41.1 Å². The molecule has 1 N–H and O–H groups in total. The van der Waals surface area contributed by atoms with Gasteiger partial charge in [0.1, 0.15) is 5.75 Å². The number of piperazine rings is 1. The summed E-state index contributed by atoms with van der Waals surface area (Å²) < 4.78 is 10.7. The molecule has 2 aliphatic rings. The van der Waals surface area contributed by atoms with Crippen LogP contribution in [0.15, 0.2) is 53.7 Å². The number of ether oxygens (including phenoxy) is 2. The van der Waals surface area contributed by atoms with Gasteiger partial charge in [0.25, 0.3) is 5.91 Å². The first-order valence-electron chi connectivity index (χ1n) is 13.3. The van der Waals surface area contributed by atoms with E-state index in [0.717, 1.165) is 0 Å². The summed E-state index contributed by atoms with van der Waals surface area (Å²) in [6.07, 6.45) is 0. The van der Waals surface area contributed by atoms with Crippen molar-refractivity contribution in [1.29, 1.82) is 0 Å². The van der Waals surface area contributed by atoms with E-state index in [4.69, 9.17) is 32.7 Å². The number of carbonyl (C=O) groups excluding carboxylic acids is 3. The van der Waals surface area contributed by atoms with Crippen molar-refractivity contribution in [3.8, 4) is 5.75 Å². The third-order valence-electron chi connectivity index (χ3n) is 7.23. The van der Waals surface area contributed by atoms with Crippen LogP contribution in [-0.4, -0.2) is 85.1 Å². The van der Waals surface area contributed by atoms with E-state index in [0.29, 0.717) is 65.9 Å². The Morgan fingerprint density at radius 1 is 1.07 bits per heavy atom. The van der Waals surface area contributed by atoms with Crippen LogP contribution in [0.25, 0.3) is 0 Å². The maximum Gasteiger partial charge on any atom is 0.338 e. The summed E-state index contributed by atoms with van der Waals surface area (Å²) in [5.74, 6) is 0.108. The second-order valence-electron chi connectivity index (χ2n) is 9.66. The molecule has 4 rings (SSSR count). The molecule has 0 radical (unpaired) electrons. The summed E-state index contributed by atoms with van der Waals surface area (Å²) in [5, 5.41) is 3.51. The average molecular weight is 590 g/mol. The highest BCUT2D eigenvalue weighted by molar-refractivity contribution is 6.42. The van der Waals surface area contributed by atoms with Gasteiger partial charge in [0.15, 0.2) is 0 Å². The lowest BCUT2D eigenvalue weighted by Crippen LogP contribution is -2.56. The highest BCUT2D eigenvalue weighted by Gasteiger charge is 2.40. The van der Waals surface area contributed by atoms with Gasteiger partial charge in [-0.1, -0.05) is 35.3 Å². The largest absolute Gasteiger partial charge is 0.497 e. The van der Waals surface area contributed by atoms with E-state index in [9.17, 15) is 14.4 Å². The topological polar surface area (TPSA) is 91.4 Å². The van der Waals surface area contributed by atoms with E-state index in [1.165, 1.54) is 0 Å². The number of benzene rings is 2. The van der Waals surface area contributed by atoms with E-state index in [1.807, 2.05) is 18.7 Å². The number of urea groups is 1. The molecule has 214 valence electrons. The predicted octanol–water partition coefficient (Wildman–Crippen LogP) is 4.75. The first kappa shape index (κ1) is 29.7. The summed E-state index contributed by atoms with van der Waals surface area (Å²) in [6, 6.07) is 10.9. The monoisotopic (exact) mass is 588 g/mol. The Kier molecular flexibility index (Phi) is 9.60. The molecule has 2 heterocycles. The minimum Gasteiger partial charge on any atom is -0.497 e. The standard InChI is InChI=1S/C29H34Cl2N4O5/c1-5-34-23(17-33-14-15-35(18(3)16-33)27(36)19-10-12-20(39-4)13-11-19)24(28(37)40-6-2)26(32-29(34)38)21-8-7-9-22(30)25(21)31/h7-13,18,26H,5-6,14-17H2,1-4H3,(H,32,38)/t18-,26-/m0/s1. The van der Waals surface area contributed by atoms with Crippen LogP contribution in [0.4, 0.5) is 4.79 Å². The van der Waals surface area contributed by atoms with Gasteiger partial charge in [-0.3, -0.25) is 14.6 Å². The lowest BCUT2D eigenvalue weighted by molar-refractivity contribution is -0.139. The van der Waals surface area contributed by atoms with Gasteiger partial charge in [-0.05, 0) is 56.7 Å². The Labute approximate surface area is 244 Å². The summed E-state index contributed by atoms with van der Waals surface area (Å²) in [4.78, 5) is 45.4. The van der Waals surface area contributed by atoms with Crippen molar-refractivity contribution in [2.45, 2.75) is 32.9 Å². The third-order valence-corrected chi connectivity index (χ3v) is 8.06. The highest BCUT2D eigenvalue weighted by atomic mass is 35.5. The summed E-state index contributed by atoms with van der Waals surface area (Å²) in [6.45, 7) is 8.04. The summed E-state index contributed by atoms with van der Waals surface area (Å²) in [5.41, 5.74) is 1.97. The molecule has 1 saturated heterocycles. The summed E-state index contributed by atoms with van der Waals surface area (Å²) >= 11 is 12.8. The Bertz CT molecular complexity index is 1300. The molecule has 0 bridgehead atoms. The van der Waals surface area contributed by atoms with Crippen molar-refractivity contribution in [2.75, 3.05) is 46.4 Å². The van der Waals surface area contributed by atoms with Gasteiger partial charge in [0.05, 0.1) is 35.4 Å². The van der Waals surface area contributed by atoms with Crippen molar-refractivity contribution < 1.29 is 23.9 Å². The fourth-order valence-corrected chi connectivity index (χ4v) is 5.64. The Balaban J connectivity index is 1.63. The molecule has 40 heavy (non-hydrogen) atoms. The summed E-state index contributed by atoms with van der Waals surface area (Å²) in [7, 11) is 1.59. The van der Waals surface area contributed by atoms with Gasteiger partial charge in [0.2, 0.25) is 0 Å². The molecule has 0 unspecified atom stereocenters. The molecule has 11 heteroatoms. The van der Waals surface area contributed by atoms with Crippen LogP contribution < -0.4 is 10.1 Å². The van der Waals surface area contributed by atoms with Gasteiger partial charge in [-0.25, -0.2) is 9.59 Å². The molecule has 0 spiro atoms. The molecule has 2 aromatic rings. The number of amides is 3. The Hall–Kier alpha value is -3.27. The lowest BCUT2D eigenvalue weighted by atomic mass is 9.93. The van der Waals surface area contributed by atoms with Crippen molar-refractivity contribution in [1.82, 2.24) is 20.0 Å². The van der Waals surface area contributed by atoms with Gasteiger partial charge in [-0.2, -0.15) is 0 Å². The fraction of sp³-hybridized carbons (Fsp3) is 0.414. The lowest BCUT2D eigenvalue weighted by Gasteiger charge is -2.43. The van der Waals surface area contributed by atoms with Crippen LogP contribution in [0, 0.1) is 0 Å². The fourth-order valence-electron chi connectivity index (χ4n) is 5.22. The minimum absolute atomic E-state index is 0.0517. The normalized spacial score (nSPS) is 19.9. The van der Waals surface area contributed by atoms with Gasteiger partial charge >= 0.3 is 12.0 Å². The number of nitrogens with one attached hydrogen (secondary N) is 1. The van der Waals surface area contributed by atoms with E-state index in [2.05, 4.69) is 10.2 Å². The number of rotatable bonds is 8. The number of methoxy groups -OCH3 is 1. The smallest absolute Gasteiger partial charge is 0.338 e. The predicted molar refractivity (Wildman–Crippen MR) is 154 cm³/mol. The van der Waals surface area contributed by atoms with Gasteiger partial charge in [-0.15, -0.1) is 0 Å². The zero-order valence-electron chi connectivity index (χ0n) is 23.1. The quantitative estimate of drug-likeness (QED) is 0.447.